The van der Waals surface area contributed by atoms with Crippen LogP contribution in [-0.4, -0.2) is 40.2 Å². The summed E-state index contributed by atoms with van der Waals surface area (Å²) in [6.45, 7) is 3.65. The molecule has 0 aliphatic carbocycles. The molecule has 1 unspecified atom stereocenters. The average Bonchev–Trinajstić information content (AvgIpc) is 2.68. The van der Waals surface area contributed by atoms with E-state index in [-0.39, 0.29) is 23.6 Å². The Morgan fingerprint density at radius 1 is 1.11 bits per heavy atom. The summed E-state index contributed by atoms with van der Waals surface area (Å²) in [5.74, 6) is -1.19. The molecule has 1 aromatic heterocycles. The molecule has 0 saturated heterocycles. The van der Waals surface area contributed by atoms with E-state index in [0.717, 1.165) is 0 Å². The second kappa shape index (κ2) is 7.77. The second-order valence-corrected chi connectivity index (χ2v) is 6.70. The number of carbonyl (C=O) groups is 2. The topological polar surface area (TPSA) is 125 Å². The maximum Gasteiger partial charge on any atom is 0.337 e. The first-order valence-electron chi connectivity index (χ1n) is 8.75. The van der Waals surface area contributed by atoms with Gasteiger partial charge in [-0.25, -0.2) is 14.8 Å². The lowest BCUT2D eigenvalue weighted by Gasteiger charge is -2.15. The van der Waals surface area contributed by atoms with Crippen molar-refractivity contribution in [2.45, 2.75) is 26.5 Å². The van der Waals surface area contributed by atoms with Gasteiger partial charge in [0.15, 0.2) is 0 Å². The number of nitrogens with two attached hydrogens (primary N) is 1. The summed E-state index contributed by atoms with van der Waals surface area (Å²) in [6.07, 6.45) is 0. The van der Waals surface area contributed by atoms with Crippen LogP contribution in [0.15, 0.2) is 30.3 Å². The second-order valence-electron chi connectivity index (χ2n) is 6.70. The predicted octanol–water partition coefficient (Wildman–Crippen LogP) is 2.52. The number of para-hydroxylation sites is 1. The molecule has 3 rings (SSSR count). The van der Waals surface area contributed by atoms with E-state index < -0.39 is 18.0 Å². The number of carboxylic acid groups (broad SMARTS) is 1. The number of hydrogen-bond acceptors (Lipinski definition) is 7. The maximum absolute atomic E-state index is 12.1. The molecule has 146 valence electrons. The molecule has 28 heavy (non-hydrogen) atoms. The number of benzene rings is 2. The van der Waals surface area contributed by atoms with Crippen LogP contribution in [-0.2, 0) is 16.1 Å². The largest absolute Gasteiger partial charge is 0.494 e. The molecule has 2 aromatic carbocycles. The zero-order valence-electron chi connectivity index (χ0n) is 15.8. The van der Waals surface area contributed by atoms with Gasteiger partial charge in [0.2, 0.25) is 0 Å². The molecule has 0 fully saturated rings. The molecule has 0 saturated carbocycles. The number of carboxylic acids is 1. The molecule has 8 heteroatoms. The van der Waals surface area contributed by atoms with Crippen molar-refractivity contribution in [3.8, 4) is 5.75 Å². The molecule has 3 N–H and O–H groups in total. The highest BCUT2D eigenvalue weighted by molar-refractivity contribution is 6.03. The average molecular weight is 383 g/mol. The minimum atomic E-state index is -1.09. The number of aromatic nitrogens is 2. The van der Waals surface area contributed by atoms with Crippen molar-refractivity contribution >= 4 is 34.0 Å². The molecule has 1 atom stereocenters. The van der Waals surface area contributed by atoms with E-state index in [1.807, 2.05) is 13.8 Å². The van der Waals surface area contributed by atoms with Crippen LogP contribution in [0, 0.1) is 5.92 Å². The smallest absolute Gasteiger partial charge is 0.337 e. The molecule has 3 aromatic rings. The Balaban J connectivity index is 2.10. The lowest BCUT2D eigenvalue weighted by molar-refractivity contribution is -0.147. The van der Waals surface area contributed by atoms with Gasteiger partial charge in [0, 0.05) is 5.56 Å². The van der Waals surface area contributed by atoms with Gasteiger partial charge in [-0.1, -0.05) is 19.9 Å². The highest BCUT2D eigenvalue weighted by Gasteiger charge is 2.20. The number of fused-ring (bicyclic) bond motifs is 2. The quantitative estimate of drug-likeness (QED) is 0.491. The first-order chi connectivity index (χ1) is 13.3. The van der Waals surface area contributed by atoms with Crippen LogP contribution in [0.1, 0.15) is 29.8 Å². The van der Waals surface area contributed by atoms with Crippen molar-refractivity contribution in [1.82, 2.24) is 9.97 Å². The fourth-order valence-electron chi connectivity index (χ4n) is 2.78. The monoisotopic (exact) mass is 383 g/mol. The first kappa shape index (κ1) is 19.5. The third-order valence-electron chi connectivity index (χ3n) is 4.48. The minimum absolute atomic E-state index is 0.0292. The van der Waals surface area contributed by atoms with Gasteiger partial charge in [0.1, 0.15) is 29.4 Å². The number of nitrogens with zero attached hydrogens (tertiary/aromatic N) is 2. The first-order valence-corrected chi connectivity index (χ1v) is 8.75. The fraction of sp³-hybridized carbons (Fsp3) is 0.300. The van der Waals surface area contributed by atoms with Gasteiger partial charge in [-0.3, -0.25) is 4.79 Å². The van der Waals surface area contributed by atoms with Gasteiger partial charge in [-0.2, -0.15) is 0 Å². The molecular weight excluding hydrogens is 362 g/mol. The van der Waals surface area contributed by atoms with E-state index in [0.29, 0.717) is 27.9 Å². The van der Waals surface area contributed by atoms with E-state index in [4.69, 9.17) is 15.2 Å². The van der Waals surface area contributed by atoms with Crippen LogP contribution in [0.5, 0.6) is 5.75 Å². The third kappa shape index (κ3) is 3.59. The Morgan fingerprint density at radius 3 is 2.50 bits per heavy atom. The van der Waals surface area contributed by atoms with Gasteiger partial charge < -0.3 is 20.3 Å². The Bertz CT molecular complexity index is 1060. The van der Waals surface area contributed by atoms with E-state index in [1.54, 1.807) is 24.3 Å². The molecule has 1 heterocycles. The fourth-order valence-corrected chi connectivity index (χ4v) is 2.78. The zero-order chi connectivity index (χ0) is 20.4. The van der Waals surface area contributed by atoms with Crippen LogP contribution in [0.4, 0.5) is 0 Å². The summed E-state index contributed by atoms with van der Waals surface area (Å²) in [5, 5.41) is 9.41. The van der Waals surface area contributed by atoms with Crippen LogP contribution in [0.25, 0.3) is 22.1 Å². The van der Waals surface area contributed by atoms with Gasteiger partial charge in [0.25, 0.3) is 0 Å². The molecule has 0 amide bonds. The number of ether oxygens (including phenoxy) is 2. The summed E-state index contributed by atoms with van der Waals surface area (Å²) in [7, 11) is 1.49. The van der Waals surface area contributed by atoms with Crippen molar-refractivity contribution < 1.29 is 24.2 Å². The number of methoxy groups -OCH3 is 1. The van der Waals surface area contributed by atoms with Crippen LogP contribution in [0.2, 0.25) is 0 Å². The molecular formula is C20H21N3O5. The summed E-state index contributed by atoms with van der Waals surface area (Å²) >= 11 is 0. The molecule has 0 spiro atoms. The molecule has 0 aliphatic heterocycles. The van der Waals surface area contributed by atoms with Crippen molar-refractivity contribution in [1.29, 1.82) is 0 Å². The van der Waals surface area contributed by atoms with E-state index in [1.165, 1.54) is 13.2 Å². The Kier molecular flexibility index (Phi) is 5.41. The van der Waals surface area contributed by atoms with Crippen molar-refractivity contribution in [2.24, 2.45) is 11.7 Å². The third-order valence-corrected chi connectivity index (χ3v) is 4.48. The van der Waals surface area contributed by atoms with Gasteiger partial charge in [-0.05, 0) is 30.2 Å². The molecule has 0 radical (unpaired) electrons. The Hall–Kier alpha value is -3.26. The number of carbonyl (C=O) groups excluding carboxylic acids is 1. The number of aromatic carboxylic acids is 1. The maximum atomic E-state index is 12.1. The number of hydrogen-bond donors (Lipinski definition) is 2. The molecule has 0 aliphatic rings. The highest BCUT2D eigenvalue weighted by Crippen LogP contribution is 2.29. The highest BCUT2D eigenvalue weighted by atomic mass is 16.5. The summed E-state index contributed by atoms with van der Waals surface area (Å²) in [6, 6.07) is 7.45. The molecule has 8 nitrogen and oxygen atoms in total. The minimum Gasteiger partial charge on any atom is -0.494 e. The Morgan fingerprint density at radius 2 is 1.86 bits per heavy atom. The van der Waals surface area contributed by atoms with E-state index in [9.17, 15) is 14.7 Å². The number of rotatable bonds is 6. The van der Waals surface area contributed by atoms with Crippen molar-refractivity contribution in [3.63, 3.8) is 0 Å². The molecule has 0 bridgehead atoms. The van der Waals surface area contributed by atoms with Crippen molar-refractivity contribution in [2.75, 3.05) is 7.11 Å². The summed E-state index contributed by atoms with van der Waals surface area (Å²) in [4.78, 5) is 32.6. The summed E-state index contributed by atoms with van der Waals surface area (Å²) in [5.41, 5.74) is 8.04. The van der Waals surface area contributed by atoms with Crippen LogP contribution < -0.4 is 10.5 Å². The standard InChI is InChI=1S/C20H21N3O5/c1-10(2)15(21)20(26)28-9-11-7-8-14(27-3)18-16(11)22-13-6-4-5-12(19(24)25)17(13)23-18/h4-8,10,15H,9,21H2,1-3H3,(H,24,25). The van der Waals surface area contributed by atoms with Gasteiger partial charge >= 0.3 is 11.9 Å². The van der Waals surface area contributed by atoms with E-state index in [2.05, 4.69) is 9.97 Å². The van der Waals surface area contributed by atoms with Gasteiger partial charge in [-0.15, -0.1) is 0 Å². The lowest BCUT2D eigenvalue weighted by Crippen LogP contribution is -2.36. The van der Waals surface area contributed by atoms with Crippen LogP contribution >= 0.6 is 0 Å². The lowest BCUT2D eigenvalue weighted by atomic mass is 10.1. The number of esters is 1. The SMILES string of the molecule is COc1ccc(COC(=O)C(N)C(C)C)c2nc3cccc(C(=O)O)c3nc12. The van der Waals surface area contributed by atoms with E-state index >= 15 is 0 Å². The van der Waals surface area contributed by atoms with Crippen LogP contribution in [0.3, 0.4) is 0 Å². The predicted molar refractivity (Wildman–Crippen MR) is 103 cm³/mol. The zero-order valence-corrected chi connectivity index (χ0v) is 15.8. The normalized spacial score (nSPS) is 12.3. The Labute approximate surface area is 161 Å². The van der Waals surface area contributed by atoms with Gasteiger partial charge in [0.05, 0.1) is 23.7 Å². The van der Waals surface area contributed by atoms with Crippen molar-refractivity contribution in [3.05, 3.63) is 41.5 Å². The summed E-state index contributed by atoms with van der Waals surface area (Å²) < 4.78 is 10.7.